The van der Waals surface area contributed by atoms with Gasteiger partial charge in [-0.3, -0.25) is 9.59 Å². The third-order valence-electron chi connectivity index (χ3n) is 3.96. The highest BCUT2D eigenvalue weighted by atomic mass is 35.5. The number of halogens is 2. The fourth-order valence-corrected chi connectivity index (χ4v) is 2.88. The zero-order chi connectivity index (χ0) is 18.7. The van der Waals surface area contributed by atoms with Gasteiger partial charge in [0.1, 0.15) is 11.6 Å². The Bertz CT molecular complexity index is 1030. The minimum absolute atomic E-state index is 0.233. The molecule has 0 aliphatic rings. The average molecular weight is 375 g/mol. The molecule has 2 aromatic carbocycles. The van der Waals surface area contributed by atoms with Gasteiger partial charge in [0.2, 0.25) is 0 Å². The lowest BCUT2D eigenvalue weighted by atomic mass is 10.1. The third kappa shape index (κ3) is 3.86. The molecule has 134 valence electrons. The maximum absolute atomic E-state index is 13.2. The smallest absolute Gasteiger partial charge is 0.251 e. The largest absolute Gasteiger partial charge is 0.495 e. The van der Waals surface area contributed by atoms with Crippen LogP contribution in [0.1, 0.15) is 15.9 Å². The van der Waals surface area contributed by atoms with E-state index in [2.05, 4.69) is 10.3 Å². The topological polar surface area (TPSA) is 71.2 Å². The Morgan fingerprint density at radius 3 is 2.81 bits per heavy atom. The lowest BCUT2D eigenvalue weighted by Crippen LogP contribution is -2.27. The average Bonchev–Trinajstić information content (AvgIpc) is 2.61. The molecule has 1 aromatic heterocycles. The second-order valence-electron chi connectivity index (χ2n) is 5.71. The van der Waals surface area contributed by atoms with Crippen LogP contribution in [0.5, 0.6) is 5.75 Å². The molecular weight excluding hydrogens is 359 g/mol. The van der Waals surface area contributed by atoms with Crippen LogP contribution in [-0.4, -0.2) is 24.5 Å². The van der Waals surface area contributed by atoms with Gasteiger partial charge < -0.3 is 15.0 Å². The molecule has 3 rings (SSSR count). The van der Waals surface area contributed by atoms with E-state index in [4.69, 9.17) is 16.3 Å². The number of carbonyl (C=O) groups is 1. The molecule has 0 spiro atoms. The number of methoxy groups -OCH3 is 1. The first kappa shape index (κ1) is 17.9. The highest BCUT2D eigenvalue weighted by Crippen LogP contribution is 2.28. The zero-order valence-electron chi connectivity index (χ0n) is 13.9. The van der Waals surface area contributed by atoms with Crippen molar-refractivity contribution in [2.24, 2.45) is 0 Å². The van der Waals surface area contributed by atoms with Gasteiger partial charge >= 0.3 is 0 Å². The molecule has 0 saturated carbocycles. The van der Waals surface area contributed by atoms with E-state index in [9.17, 15) is 14.0 Å². The molecule has 0 unspecified atom stereocenters. The van der Waals surface area contributed by atoms with Crippen molar-refractivity contribution in [1.29, 1.82) is 0 Å². The molecule has 0 atom stereocenters. The van der Waals surface area contributed by atoms with E-state index >= 15 is 0 Å². The van der Waals surface area contributed by atoms with Crippen molar-refractivity contribution in [3.63, 3.8) is 0 Å². The number of H-pyrrole nitrogens is 1. The van der Waals surface area contributed by atoms with E-state index in [1.54, 1.807) is 18.2 Å². The maximum atomic E-state index is 13.2. The van der Waals surface area contributed by atoms with Gasteiger partial charge in [0.15, 0.2) is 0 Å². The van der Waals surface area contributed by atoms with Gasteiger partial charge in [0.25, 0.3) is 11.5 Å². The zero-order valence-corrected chi connectivity index (χ0v) is 14.7. The maximum Gasteiger partial charge on any atom is 0.251 e. The number of hydrogen-bond acceptors (Lipinski definition) is 3. The van der Waals surface area contributed by atoms with Crippen LogP contribution >= 0.6 is 11.6 Å². The van der Waals surface area contributed by atoms with Gasteiger partial charge in [-0.2, -0.15) is 0 Å². The first-order chi connectivity index (χ1) is 12.5. The fourth-order valence-electron chi connectivity index (χ4n) is 2.64. The van der Waals surface area contributed by atoms with Gasteiger partial charge in [-0.15, -0.1) is 0 Å². The summed E-state index contributed by atoms with van der Waals surface area (Å²) >= 11 is 6.06. The van der Waals surface area contributed by atoms with Crippen molar-refractivity contribution >= 4 is 28.4 Å². The number of benzene rings is 2. The number of carbonyl (C=O) groups excluding carboxylic acids is 1. The number of fused-ring (bicyclic) bond motifs is 1. The van der Waals surface area contributed by atoms with Crippen LogP contribution in [0.15, 0.2) is 47.3 Å². The van der Waals surface area contributed by atoms with Gasteiger partial charge in [0.05, 0.1) is 17.6 Å². The molecule has 1 amide bonds. The van der Waals surface area contributed by atoms with Gasteiger partial charge in [0, 0.05) is 23.1 Å². The molecule has 2 N–H and O–H groups in total. The van der Waals surface area contributed by atoms with Crippen molar-refractivity contribution in [2.45, 2.75) is 6.42 Å². The number of amides is 1. The van der Waals surface area contributed by atoms with Crippen LogP contribution in [0.3, 0.4) is 0 Å². The van der Waals surface area contributed by atoms with Gasteiger partial charge in [-0.1, -0.05) is 17.7 Å². The Kier molecular flexibility index (Phi) is 5.23. The first-order valence-corrected chi connectivity index (χ1v) is 8.29. The van der Waals surface area contributed by atoms with E-state index in [0.29, 0.717) is 28.3 Å². The van der Waals surface area contributed by atoms with Crippen molar-refractivity contribution in [3.8, 4) is 5.75 Å². The van der Waals surface area contributed by atoms with Gasteiger partial charge in [-0.25, -0.2) is 4.39 Å². The molecule has 26 heavy (non-hydrogen) atoms. The van der Waals surface area contributed by atoms with E-state index in [1.165, 1.54) is 25.3 Å². The Morgan fingerprint density at radius 2 is 2.08 bits per heavy atom. The second-order valence-corrected chi connectivity index (χ2v) is 6.12. The summed E-state index contributed by atoms with van der Waals surface area (Å²) < 4.78 is 18.3. The Labute approximate surface area is 153 Å². The molecule has 0 saturated heterocycles. The van der Waals surface area contributed by atoms with Crippen LogP contribution in [0, 0.1) is 5.82 Å². The minimum atomic E-state index is -0.476. The molecule has 0 bridgehead atoms. The summed E-state index contributed by atoms with van der Waals surface area (Å²) in [5.41, 5.74) is 1.10. The SMILES string of the molecule is COc1cc2cc(CCNC(=O)c3cccc(F)c3)c(=O)[nH]c2cc1Cl. The van der Waals surface area contributed by atoms with Gasteiger partial charge in [-0.05, 0) is 42.8 Å². The fraction of sp³-hybridized carbons (Fsp3) is 0.158. The summed E-state index contributed by atoms with van der Waals surface area (Å²) in [6.07, 6.45) is 0.331. The standard InChI is InChI=1S/C19H16ClFN2O3/c1-26-17-9-13-7-12(19(25)23-16(13)10-15(17)20)5-6-22-18(24)11-3-2-4-14(21)8-11/h2-4,7-10H,5-6H2,1H3,(H,22,24)(H,23,25). The molecule has 0 aliphatic carbocycles. The number of rotatable bonds is 5. The van der Waals surface area contributed by atoms with Crippen LogP contribution in [-0.2, 0) is 6.42 Å². The van der Waals surface area contributed by atoms with Crippen LogP contribution in [0.25, 0.3) is 10.9 Å². The number of hydrogen-bond donors (Lipinski definition) is 2. The van der Waals surface area contributed by atoms with E-state index < -0.39 is 11.7 Å². The van der Waals surface area contributed by atoms with E-state index in [-0.39, 0.29) is 17.7 Å². The number of aromatic nitrogens is 1. The van der Waals surface area contributed by atoms with Crippen molar-refractivity contribution in [2.75, 3.05) is 13.7 Å². The summed E-state index contributed by atoms with van der Waals surface area (Å²) in [5.74, 6) is -0.358. The molecule has 3 aromatic rings. The predicted molar refractivity (Wildman–Crippen MR) is 98.6 cm³/mol. The number of aromatic amines is 1. The quantitative estimate of drug-likeness (QED) is 0.719. The minimum Gasteiger partial charge on any atom is -0.495 e. The van der Waals surface area contributed by atoms with Crippen LogP contribution in [0.2, 0.25) is 5.02 Å². The van der Waals surface area contributed by atoms with Crippen LogP contribution in [0.4, 0.5) is 4.39 Å². The molecule has 5 nitrogen and oxygen atoms in total. The summed E-state index contributed by atoms with van der Waals surface area (Å²) in [6, 6.07) is 10.5. The summed E-state index contributed by atoms with van der Waals surface area (Å²) in [5, 5.41) is 3.86. The van der Waals surface area contributed by atoms with Crippen molar-refractivity contribution in [1.82, 2.24) is 10.3 Å². The Morgan fingerprint density at radius 1 is 1.27 bits per heavy atom. The molecular formula is C19H16ClFN2O3. The summed E-state index contributed by atoms with van der Waals surface area (Å²) in [7, 11) is 1.52. The monoisotopic (exact) mass is 374 g/mol. The lowest BCUT2D eigenvalue weighted by Gasteiger charge is -2.08. The highest BCUT2D eigenvalue weighted by Gasteiger charge is 2.09. The summed E-state index contributed by atoms with van der Waals surface area (Å²) in [6.45, 7) is 0.245. The van der Waals surface area contributed by atoms with Crippen molar-refractivity contribution < 1.29 is 13.9 Å². The summed E-state index contributed by atoms with van der Waals surface area (Å²) in [4.78, 5) is 27.0. The van der Waals surface area contributed by atoms with E-state index in [0.717, 1.165) is 11.5 Å². The second kappa shape index (κ2) is 7.58. The predicted octanol–water partition coefficient (Wildman–Crippen LogP) is 3.30. The normalized spacial score (nSPS) is 10.7. The number of nitrogens with one attached hydrogen (secondary N) is 2. The van der Waals surface area contributed by atoms with Crippen LogP contribution < -0.4 is 15.6 Å². The number of ether oxygens (including phenoxy) is 1. The molecule has 0 aliphatic heterocycles. The molecule has 0 fully saturated rings. The Balaban J connectivity index is 1.74. The van der Waals surface area contributed by atoms with Crippen molar-refractivity contribution in [3.05, 3.63) is 74.8 Å². The molecule has 0 radical (unpaired) electrons. The highest BCUT2D eigenvalue weighted by molar-refractivity contribution is 6.32. The lowest BCUT2D eigenvalue weighted by molar-refractivity contribution is 0.0953. The number of pyridine rings is 1. The first-order valence-electron chi connectivity index (χ1n) is 7.91. The molecule has 1 heterocycles. The molecule has 7 heteroatoms. The Hall–Kier alpha value is -2.86. The third-order valence-corrected chi connectivity index (χ3v) is 4.26. The van der Waals surface area contributed by atoms with E-state index in [1.807, 2.05) is 0 Å².